The Morgan fingerprint density at radius 1 is 1.61 bits per heavy atom. The Labute approximate surface area is 103 Å². The van der Waals surface area contributed by atoms with Crippen molar-refractivity contribution < 1.29 is 4.79 Å². The van der Waals surface area contributed by atoms with Crippen LogP contribution in [0.5, 0.6) is 0 Å². The topological polar surface area (TPSA) is 106 Å². The highest BCUT2D eigenvalue weighted by Gasteiger charge is 2.08. The van der Waals surface area contributed by atoms with Gasteiger partial charge in [0, 0.05) is 37.0 Å². The zero-order valence-corrected chi connectivity index (χ0v) is 9.80. The highest BCUT2D eigenvalue weighted by Crippen LogP contribution is 2.08. The maximum atomic E-state index is 11.8. The van der Waals surface area contributed by atoms with E-state index in [0.29, 0.717) is 11.4 Å². The Bertz CT molecular complexity index is 628. The first kappa shape index (κ1) is 11.9. The van der Waals surface area contributed by atoms with Gasteiger partial charge in [0.2, 0.25) is 5.56 Å². The van der Waals surface area contributed by atoms with Crippen LogP contribution in [0.15, 0.2) is 29.3 Å². The van der Waals surface area contributed by atoms with Crippen molar-refractivity contribution in [2.24, 2.45) is 7.05 Å². The van der Waals surface area contributed by atoms with E-state index in [1.807, 2.05) is 0 Å². The number of carbonyl (C=O) groups is 1. The van der Waals surface area contributed by atoms with Crippen molar-refractivity contribution in [1.29, 1.82) is 0 Å². The van der Waals surface area contributed by atoms with Crippen LogP contribution in [0.2, 0.25) is 0 Å². The number of H-pyrrole nitrogens is 1. The highest BCUT2D eigenvalue weighted by molar-refractivity contribution is 5.93. The lowest BCUT2D eigenvalue weighted by Crippen LogP contribution is -2.24. The number of amides is 1. The molecule has 0 bridgehead atoms. The molecule has 2 aromatic rings. The van der Waals surface area contributed by atoms with Gasteiger partial charge >= 0.3 is 0 Å². The molecule has 94 valence electrons. The van der Waals surface area contributed by atoms with Gasteiger partial charge in [0.15, 0.2) is 0 Å². The monoisotopic (exact) mass is 247 g/mol. The minimum absolute atomic E-state index is 0.269. The van der Waals surface area contributed by atoms with E-state index in [1.165, 1.54) is 23.0 Å². The molecule has 2 aromatic heterocycles. The van der Waals surface area contributed by atoms with E-state index in [1.54, 1.807) is 13.2 Å². The highest BCUT2D eigenvalue weighted by atomic mass is 16.2. The predicted octanol–water partition coefficient (Wildman–Crippen LogP) is -0.379. The third-order valence-corrected chi connectivity index (χ3v) is 2.54. The van der Waals surface area contributed by atoms with Gasteiger partial charge in [-0.1, -0.05) is 0 Å². The normalized spacial score (nSPS) is 10.3. The Balaban J connectivity index is 2.05. The molecule has 4 N–H and O–H groups in total. The summed E-state index contributed by atoms with van der Waals surface area (Å²) in [5.74, 6) is 0.172. The van der Waals surface area contributed by atoms with Crippen LogP contribution in [0, 0.1) is 0 Å². The number of hydrogen-bond donors (Lipinski definition) is 3. The minimum atomic E-state index is -0.329. The number of pyridine rings is 1. The third kappa shape index (κ3) is 2.40. The second-order valence-corrected chi connectivity index (χ2v) is 3.80. The van der Waals surface area contributed by atoms with Crippen LogP contribution in [0.3, 0.4) is 0 Å². The third-order valence-electron chi connectivity index (χ3n) is 2.54. The van der Waals surface area contributed by atoms with Gasteiger partial charge in [-0.15, -0.1) is 0 Å². The summed E-state index contributed by atoms with van der Waals surface area (Å²) >= 11 is 0. The van der Waals surface area contributed by atoms with E-state index in [9.17, 15) is 9.59 Å². The van der Waals surface area contributed by atoms with E-state index < -0.39 is 0 Å². The second kappa shape index (κ2) is 4.74. The summed E-state index contributed by atoms with van der Waals surface area (Å²) in [5, 5.41) is 6.64. The number of nitrogens with zero attached hydrogens (tertiary/aromatic N) is 2. The largest absolute Gasteiger partial charge is 0.384 e. The number of rotatable bonds is 3. The van der Waals surface area contributed by atoms with Crippen molar-refractivity contribution in [3.05, 3.63) is 46.0 Å². The fraction of sp³-hybridized carbons (Fsp3) is 0.182. The quantitative estimate of drug-likeness (QED) is 0.687. The first-order valence-corrected chi connectivity index (χ1v) is 5.31. The van der Waals surface area contributed by atoms with Gasteiger partial charge in [0.25, 0.3) is 5.91 Å². The lowest BCUT2D eigenvalue weighted by atomic mass is 10.2. The van der Waals surface area contributed by atoms with Crippen molar-refractivity contribution in [3.8, 4) is 0 Å². The van der Waals surface area contributed by atoms with Crippen molar-refractivity contribution in [1.82, 2.24) is 20.1 Å². The first-order chi connectivity index (χ1) is 8.58. The summed E-state index contributed by atoms with van der Waals surface area (Å²) in [5.41, 5.74) is 6.47. The average molecular weight is 247 g/mol. The van der Waals surface area contributed by atoms with Gasteiger partial charge < -0.3 is 16.0 Å². The van der Waals surface area contributed by atoms with E-state index >= 15 is 0 Å². The van der Waals surface area contributed by atoms with Crippen LogP contribution in [0.1, 0.15) is 15.9 Å². The molecule has 7 heteroatoms. The van der Waals surface area contributed by atoms with E-state index in [4.69, 9.17) is 5.73 Å². The van der Waals surface area contributed by atoms with Gasteiger partial charge in [-0.25, -0.2) is 0 Å². The number of nitrogen functional groups attached to an aromatic ring is 1. The average Bonchev–Trinajstić information content (AvgIpc) is 2.67. The zero-order valence-electron chi connectivity index (χ0n) is 9.80. The van der Waals surface area contributed by atoms with Crippen molar-refractivity contribution >= 4 is 11.7 Å². The SMILES string of the molecule is Cn1ncc(CNC(=O)c2cc[nH]c(=O)c2)c1N. The van der Waals surface area contributed by atoms with Gasteiger partial charge in [0.05, 0.1) is 6.20 Å². The molecule has 0 aliphatic rings. The predicted molar refractivity (Wildman–Crippen MR) is 65.9 cm³/mol. The molecular weight excluding hydrogens is 234 g/mol. The number of anilines is 1. The summed E-state index contributed by atoms with van der Waals surface area (Å²) in [6.45, 7) is 0.269. The van der Waals surface area contributed by atoms with Crippen LogP contribution in [0.25, 0.3) is 0 Å². The molecule has 18 heavy (non-hydrogen) atoms. The number of aryl methyl sites for hydroxylation is 1. The number of aromatic nitrogens is 3. The lowest BCUT2D eigenvalue weighted by Gasteiger charge is -2.04. The fourth-order valence-electron chi connectivity index (χ4n) is 1.49. The lowest BCUT2D eigenvalue weighted by molar-refractivity contribution is 0.0951. The summed E-state index contributed by atoms with van der Waals surface area (Å²) < 4.78 is 1.52. The summed E-state index contributed by atoms with van der Waals surface area (Å²) in [4.78, 5) is 25.3. The van der Waals surface area contributed by atoms with E-state index in [2.05, 4.69) is 15.4 Å². The first-order valence-electron chi connectivity index (χ1n) is 5.31. The Kier molecular flexibility index (Phi) is 3.13. The molecule has 2 rings (SSSR count). The maximum Gasteiger partial charge on any atom is 0.251 e. The standard InChI is InChI=1S/C11H13N5O2/c1-16-10(12)8(6-15-16)5-14-11(18)7-2-3-13-9(17)4-7/h2-4,6H,5,12H2,1H3,(H,13,17)(H,14,18). The van der Waals surface area contributed by atoms with Crippen molar-refractivity contribution in [3.63, 3.8) is 0 Å². The summed E-state index contributed by atoms with van der Waals surface area (Å²) in [6, 6.07) is 2.77. The Morgan fingerprint density at radius 3 is 3.00 bits per heavy atom. The molecule has 0 unspecified atom stereocenters. The molecule has 0 saturated carbocycles. The molecule has 0 aliphatic heterocycles. The molecule has 2 heterocycles. The molecule has 0 saturated heterocycles. The second-order valence-electron chi connectivity index (χ2n) is 3.80. The van der Waals surface area contributed by atoms with Gasteiger partial charge in [-0.05, 0) is 6.07 Å². The van der Waals surface area contributed by atoms with Crippen LogP contribution in [0.4, 0.5) is 5.82 Å². The summed E-state index contributed by atoms with van der Waals surface area (Å²) in [7, 11) is 1.72. The molecule has 0 aliphatic carbocycles. The van der Waals surface area contributed by atoms with Crippen LogP contribution < -0.4 is 16.6 Å². The Hall–Kier alpha value is -2.57. The van der Waals surface area contributed by atoms with Crippen LogP contribution in [-0.2, 0) is 13.6 Å². The number of nitrogens with one attached hydrogen (secondary N) is 2. The molecule has 7 nitrogen and oxygen atoms in total. The molecule has 0 fully saturated rings. The maximum absolute atomic E-state index is 11.8. The van der Waals surface area contributed by atoms with Gasteiger partial charge in [-0.2, -0.15) is 5.10 Å². The number of nitrogens with two attached hydrogens (primary N) is 1. The van der Waals surface area contributed by atoms with E-state index in [-0.39, 0.29) is 18.0 Å². The molecule has 0 spiro atoms. The van der Waals surface area contributed by atoms with Gasteiger partial charge in [0.1, 0.15) is 5.82 Å². The van der Waals surface area contributed by atoms with E-state index in [0.717, 1.165) is 5.56 Å². The smallest absolute Gasteiger partial charge is 0.251 e. The number of aromatic amines is 1. The van der Waals surface area contributed by atoms with Crippen LogP contribution >= 0.6 is 0 Å². The zero-order chi connectivity index (χ0) is 13.1. The van der Waals surface area contributed by atoms with Gasteiger partial charge in [-0.3, -0.25) is 14.3 Å². The molecular formula is C11H13N5O2. The Morgan fingerprint density at radius 2 is 2.39 bits per heavy atom. The molecule has 1 amide bonds. The molecule has 0 atom stereocenters. The molecule has 0 aromatic carbocycles. The fourth-order valence-corrected chi connectivity index (χ4v) is 1.49. The number of hydrogen-bond acceptors (Lipinski definition) is 4. The van der Waals surface area contributed by atoms with Crippen molar-refractivity contribution in [2.45, 2.75) is 6.54 Å². The molecule has 0 radical (unpaired) electrons. The van der Waals surface area contributed by atoms with Crippen LogP contribution in [-0.4, -0.2) is 20.7 Å². The van der Waals surface area contributed by atoms with Crippen molar-refractivity contribution in [2.75, 3.05) is 5.73 Å². The summed E-state index contributed by atoms with van der Waals surface area (Å²) in [6.07, 6.45) is 3.02. The number of carbonyl (C=O) groups excluding carboxylic acids is 1. The minimum Gasteiger partial charge on any atom is -0.384 e.